The van der Waals surface area contributed by atoms with Crippen molar-refractivity contribution in [2.45, 2.75) is 32.6 Å². The standard InChI is InChI=1S/C20H24N2O4S/c1-14-5-4-6-17(9-14)13-27(24,25)21-11-19-12-22(20(23)26-19)18-8-7-15(2)16(3)10-18/h4-10,19,21H,11-13H2,1-3H3. The number of hydrogen-bond donors (Lipinski definition) is 1. The number of ether oxygens (including phenoxy) is 1. The van der Waals surface area contributed by atoms with Gasteiger partial charge >= 0.3 is 6.09 Å². The molecule has 1 aliphatic rings. The van der Waals surface area contributed by atoms with Crippen molar-refractivity contribution in [3.05, 3.63) is 64.7 Å². The fraction of sp³-hybridized carbons (Fsp3) is 0.350. The molecule has 27 heavy (non-hydrogen) atoms. The second kappa shape index (κ2) is 7.70. The van der Waals surface area contributed by atoms with E-state index in [-0.39, 0.29) is 12.3 Å². The van der Waals surface area contributed by atoms with E-state index in [1.54, 1.807) is 6.07 Å². The van der Waals surface area contributed by atoms with E-state index in [0.29, 0.717) is 6.54 Å². The molecular formula is C20H24N2O4S. The van der Waals surface area contributed by atoms with Crippen LogP contribution in [0.1, 0.15) is 22.3 Å². The Hall–Kier alpha value is -2.38. The van der Waals surface area contributed by atoms with Crippen LogP contribution >= 0.6 is 0 Å². The van der Waals surface area contributed by atoms with Crippen LogP contribution in [-0.2, 0) is 20.5 Å². The van der Waals surface area contributed by atoms with Crippen LogP contribution in [0.2, 0.25) is 0 Å². The van der Waals surface area contributed by atoms with Crippen molar-refractivity contribution in [3.8, 4) is 0 Å². The Kier molecular flexibility index (Phi) is 5.53. The number of carbonyl (C=O) groups is 1. The summed E-state index contributed by atoms with van der Waals surface area (Å²) in [6, 6.07) is 13.1. The number of cyclic esters (lactones) is 1. The van der Waals surface area contributed by atoms with Gasteiger partial charge in [0.25, 0.3) is 0 Å². The van der Waals surface area contributed by atoms with E-state index in [2.05, 4.69) is 4.72 Å². The van der Waals surface area contributed by atoms with Gasteiger partial charge in [0.1, 0.15) is 6.10 Å². The van der Waals surface area contributed by atoms with Gasteiger partial charge in [0.05, 0.1) is 12.3 Å². The SMILES string of the molecule is Cc1cccc(CS(=O)(=O)NCC2CN(c3ccc(C)c(C)c3)C(=O)O2)c1. The average molecular weight is 388 g/mol. The van der Waals surface area contributed by atoms with Crippen LogP contribution in [0.3, 0.4) is 0 Å². The normalized spacial score (nSPS) is 17.2. The van der Waals surface area contributed by atoms with Crippen LogP contribution in [-0.4, -0.2) is 33.7 Å². The number of nitrogens with one attached hydrogen (secondary N) is 1. The zero-order valence-electron chi connectivity index (χ0n) is 15.7. The van der Waals surface area contributed by atoms with Crippen molar-refractivity contribution >= 4 is 21.8 Å². The van der Waals surface area contributed by atoms with Crippen molar-refractivity contribution in [1.82, 2.24) is 4.72 Å². The first kappa shape index (κ1) is 19.4. The van der Waals surface area contributed by atoms with Gasteiger partial charge in [0.15, 0.2) is 0 Å². The minimum Gasteiger partial charge on any atom is -0.443 e. The maximum Gasteiger partial charge on any atom is 0.414 e. The van der Waals surface area contributed by atoms with Crippen LogP contribution in [0.15, 0.2) is 42.5 Å². The van der Waals surface area contributed by atoms with Crippen molar-refractivity contribution in [1.29, 1.82) is 0 Å². The number of aryl methyl sites for hydroxylation is 3. The summed E-state index contributed by atoms with van der Waals surface area (Å²) < 4.78 is 32.5. The molecule has 1 aliphatic heterocycles. The van der Waals surface area contributed by atoms with Crippen molar-refractivity contribution in [2.24, 2.45) is 0 Å². The summed E-state index contributed by atoms with van der Waals surface area (Å²) in [5, 5.41) is 0. The van der Waals surface area contributed by atoms with Gasteiger partial charge in [-0.3, -0.25) is 4.90 Å². The minimum atomic E-state index is -3.51. The summed E-state index contributed by atoms with van der Waals surface area (Å²) in [5.74, 6) is -0.101. The van der Waals surface area contributed by atoms with E-state index >= 15 is 0 Å². The zero-order chi connectivity index (χ0) is 19.6. The number of rotatable bonds is 6. The Morgan fingerprint density at radius 3 is 2.59 bits per heavy atom. The molecule has 6 nitrogen and oxygen atoms in total. The number of amides is 1. The van der Waals surface area contributed by atoms with Crippen LogP contribution < -0.4 is 9.62 Å². The molecule has 0 aliphatic carbocycles. The first-order valence-corrected chi connectivity index (χ1v) is 10.5. The van der Waals surface area contributed by atoms with Crippen LogP contribution in [0.5, 0.6) is 0 Å². The molecule has 0 bridgehead atoms. The maximum atomic E-state index is 12.3. The van der Waals surface area contributed by atoms with Gasteiger partial charge in [-0.25, -0.2) is 17.9 Å². The third-order valence-corrected chi connectivity index (χ3v) is 5.97. The molecule has 1 amide bonds. The van der Waals surface area contributed by atoms with Crippen molar-refractivity contribution < 1.29 is 17.9 Å². The number of hydrogen-bond acceptors (Lipinski definition) is 4. The topological polar surface area (TPSA) is 75.7 Å². The van der Waals surface area contributed by atoms with Gasteiger partial charge in [-0.2, -0.15) is 0 Å². The second-order valence-corrected chi connectivity index (χ2v) is 8.79. The van der Waals surface area contributed by atoms with Crippen molar-refractivity contribution in [2.75, 3.05) is 18.0 Å². The predicted octanol–water partition coefficient (Wildman–Crippen LogP) is 3.06. The van der Waals surface area contributed by atoms with Crippen LogP contribution in [0, 0.1) is 20.8 Å². The highest BCUT2D eigenvalue weighted by molar-refractivity contribution is 7.88. The molecule has 1 heterocycles. The lowest BCUT2D eigenvalue weighted by atomic mass is 10.1. The molecular weight excluding hydrogens is 364 g/mol. The Bertz CT molecular complexity index is 956. The molecule has 0 spiro atoms. The molecule has 144 valence electrons. The first-order chi connectivity index (χ1) is 12.7. The molecule has 7 heteroatoms. The Balaban J connectivity index is 1.60. The Morgan fingerprint density at radius 1 is 1.11 bits per heavy atom. The molecule has 1 unspecified atom stereocenters. The van der Waals surface area contributed by atoms with E-state index < -0.39 is 22.2 Å². The lowest BCUT2D eigenvalue weighted by molar-refractivity contribution is 0.143. The third-order valence-electron chi connectivity index (χ3n) is 4.65. The van der Waals surface area contributed by atoms with Crippen LogP contribution in [0.4, 0.5) is 10.5 Å². The minimum absolute atomic E-state index is 0.0568. The van der Waals surface area contributed by atoms with Gasteiger partial charge in [0.2, 0.25) is 10.0 Å². The number of sulfonamides is 1. The molecule has 0 saturated carbocycles. The highest BCUT2D eigenvalue weighted by Crippen LogP contribution is 2.24. The molecule has 1 fully saturated rings. The van der Waals surface area contributed by atoms with Gasteiger partial charge in [0, 0.05) is 12.2 Å². The number of anilines is 1. The molecule has 1 N–H and O–H groups in total. The molecule has 2 aromatic rings. The number of benzene rings is 2. The van der Waals surface area contributed by atoms with Gasteiger partial charge in [-0.05, 0) is 49.6 Å². The summed E-state index contributed by atoms with van der Waals surface area (Å²) >= 11 is 0. The molecule has 1 saturated heterocycles. The van der Waals surface area contributed by atoms with E-state index in [9.17, 15) is 13.2 Å². The summed E-state index contributed by atoms with van der Waals surface area (Å²) in [7, 11) is -3.51. The molecule has 1 atom stereocenters. The summed E-state index contributed by atoms with van der Waals surface area (Å²) in [6.07, 6.45) is -0.979. The van der Waals surface area contributed by atoms with E-state index in [1.807, 2.05) is 57.2 Å². The molecule has 3 rings (SSSR count). The highest BCUT2D eigenvalue weighted by Gasteiger charge is 2.33. The second-order valence-electron chi connectivity index (χ2n) is 6.98. The summed E-state index contributed by atoms with van der Waals surface area (Å²) in [6.45, 7) is 6.28. The monoisotopic (exact) mass is 388 g/mol. The van der Waals surface area contributed by atoms with Gasteiger partial charge in [-0.15, -0.1) is 0 Å². The third kappa shape index (κ3) is 4.87. The van der Waals surface area contributed by atoms with Crippen molar-refractivity contribution in [3.63, 3.8) is 0 Å². The van der Waals surface area contributed by atoms with Crippen LogP contribution in [0.25, 0.3) is 0 Å². The zero-order valence-corrected chi connectivity index (χ0v) is 16.5. The molecule has 0 aromatic heterocycles. The largest absolute Gasteiger partial charge is 0.443 e. The first-order valence-electron chi connectivity index (χ1n) is 8.82. The van der Waals surface area contributed by atoms with E-state index in [0.717, 1.165) is 27.9 Å². The lowest BCUT2D eigenvalue weighted by Gasteiger charge is -2.14. The fourth-order valence-corrected chi connectivity index (χ4v) is 4.18. The van der Waals surface area contributed by atoms with E-state index in [1.165, 1.54) is 4.90 Å². The Morgan fingerprint density at radius 2 is 1.89 bits per heavy atom. The number of nitrogens with zero attached hydrogens (tertiary/aromatic N) is 1. The maximum absolute atomic E-state index is 12.3. The predicted molar refractivity (Wildman–Crippen MR) is 105 cm³/mol. The highest BCUT2D eigenvalue weighted by atomic mass is 32.2. The smallest absolute Gasteiger partial charge is 0.414 e. The Labute approximate surface area is 160 Å². The van der Waals surface area contributed by atoms with Gasteiger partial charge in [-0.1, -0.05) is 35.9 Å². The average Bonchev–Trinajstić information content (AvgIpc) is 2.96. The lowest BCUT2D eigenvalue weighted by Crippen LogP contribution is -2.35. The summed E-state index contributed by atoms with van der Waals surface area (Å²) in [5.41, 5.74) is 4.72. The summed E-state index contributed by atoms with van der Waals surface area (Å²) in [4.78, 5) is 13.7. The molecule has 0 radical (unpaired) electrons. The van der Waals surface area contributed by atoms with E-state index in [4.69, 9.17) is 4.74 Å². The molecule has 2 aromatic carbocycles. The quantitative estimate of drug-likeness (QED) is 0.825. The van der Waals surface area contributed by atoms with Gasteiger partial charge < -0.3 is 4.74 Å². The fourth-order valence-electron chi connectivity index (χ4n) is 3.02. The number of carbonyl (C=O) groups excluding carboxylic acids is 1.